The Labute approximate surface area is 265 Å². The molecule has 0 N–H and O–H groups in total. The van der Waals surface area contributed by atoms with E-state index in [2.05, 4.69) is 18.9 Å². The maximum atomic E-state index is 14.2. The van der Waals surface area contributed by atoms with Crippen molar-refractivity contribution in [2.45, 2.75) is 48.4 Å². The van der Waals surface area contributed by atoms with Gasteiger partial charge in [0.1, 0.15) is 11.9 Å². The average molecular weight is 604 g/mol. The first kappa shape index (κ1) is 36.1. The molecule has 0 bridgehead atoms. The van der Waals surface area contributed by atoms with E-state index in [1.807, 2.05) is 0 Å². The zero-order valence-corrected chi connectivity index (χ0v) is 22.3. The first-order valence-electron chi connectivity index (χ1n) is 7.10. The summed E-state index contributed by atoms with van der Waals surface area (Å²) >= 11 is 0. The second kappa shape index (κ2) is 9.62. The Bertz CT molecular complexity index is 762. The number of rotatable bonds is 2. The van der Waals surface area contributed by atoms with Gasteiger partial charge in [0.15, 0.2) is 0 Å². The summed E-state index contributed by atoms with van der Waals surface area (Å²) in [5.41, 5.74) is -7.55. The van der Waals surface area contributed by atoms with Crippen LogP contribution in [0.4, 0.5) is 61.5 Å². The van der Waals surface area contributed by atoms with Gasteiger partial charge >= 0.3 is 157 Å². The van der Waals surface area contributed by atoms with E-state index in [0.29, 0.717) is 0 Å². The van der Waals surface area contributed by atoms with E-state index in [9.17, 15) is 81.3 Å². The van der Waals surface area contributed by atoms with Crippen molar-refractivity contribution in [1.29, 1.82) is 0 Å². The Morgan fingerprint density at radius 3 is 0.800 bits per heavy atom. The minimum Gasteiger partial charge on any atom is -0.544 e. The van der Waals surface area contributed by atoms with Crippen LogP contribution in [0.25, 0.3) is 0 Å². The Hall–Kier alpha value is 1.07. The van der Waals surface area contributed by atoms with Crippen LogP contribution < -0.4 is 113 Å². The number of carbonyl (C=O) groups excluding carboxylic acids is 2. The standard InChI is InChI=1S/C11H2F14O8.2K/c12-6(13,14)3(1(26)27)30-8(18,19)5(9(20,21)31-3)10(22,23)32-4(2(28)29,7(15,16)17)33-11(5,24)25;;/h(H,26,27)(H,28,29);;/q;2*+1/p-2. The number of halogens is 14. The van der Waals surface area contributed by atoms with Crippen molar-refractivity contribution in [2.75, 3.05) is 0 Å². The monoisotopic (exact) mass is 604 g/mol. The minimum absolute atomic E-state index is 0. The zero-order valence-electron chi connectivity index (χ0n) is 16.1. The third-order valence-electron chi connectivity index (χ3n) is 4.12. The van der Waals surface area contributed by atoms with Crippen LogP contribution >= 0.6 is 0 Å². The second-order valence-corrected chi connectivity index (χ2v) is 6.03. The number of alkyl halides is 14. The fraction of sp³-hybridized carbons (Fsp3) is 0.818. The largest absolute Gasteiger partial charge is 1.00 e. The molecule has 2 fully saturated rings. The van der Waals surface area contributed by atoms with Gasteiger partial charge in [-0.25, -0.2) is 0 Å². The number of hydrogen-bond acceptors (Lipinski definition) is 8. The van der Waals surface area contributed by atoms with Crippen molar-refractivity contribution in [3.63, 3.8) is 0 Å². The summed E-state index contributed by atoms with van der Waals surface area (Å²) in [5.74, 6) is -21.4. The quantitative estimate of drug-likeness (QED) is 0.227. The molecular formula is C11F14K2O8. The number of carbonyl (C=O) groups is 2. The predicted molar refractivity (Wildman–Crippen MR) is 54.1 cm³/mol. The molecule has 192 valence electrons. The van der Waals surface area contributed by atoms with Crippen LogP contribution in [0.15, 0.2) is 0 Å². The van der Waals surface area contributed by atoms with E-state index in [0.717, 1.165) is 0 Å². The molecule has 2 saturated heterocycles. The molecule has 0 saturated carbocycles. The summed E-state index contributed by atoms with van der Waals surface area (Å²) in [6.45, 7) is 0. The van der Waals surface area contributed by atoms with Gasteiger partial charge in [0, 0.05) is 0 Å². The van der Waals surface area contributed by atoms with Gasteiger partial charge in [0.2, 0.25) is 0 Å². The van der Waals surface area contributed by atoms with Gasteiger partial charge in [0.05, 0.1) is 0 Å². The molecule has 24 heteroatoms. The van der Waals surface area contributed by atoms with Crippen molar-refractivity contribution in [3.8, 4) is 0 Å². The van der Waals surface area contributed by atoms with Crippen molar-refractivity contribution in [2.24, 2.45) is 5.41 Å². The number of ether oxygens (including phenoxy) is 4. The average Bonchev–Trinajstić information content (AvgIpc) is 2.47. The van der Waals surface area contributed by atoms with Crippen molar-refractivity contribution >= 4 is 11.9 Å². The van der Waals surface area contributed by atoms with Crippen LogP contribution in [0, 0.1) is 5.41 Å². The number of aliphatic carboxylic acids is 2. The summed E-state index contributed by atoms with van der Waals surface area (Å²) in [6.07, 6.45) is -44.6. The molecule has 2 aliphatic rings. The normalized spacial score (nSPS) is 35.4. The van der Waals surface area contributed by atoms with Crippen molar-refractivity contribution < 1.29 is 203 Å². The predicted octanol–water partition coefficient (Wildman–Crippen LogP) is -5.54. The Morgan fingerprint density at radius 1 is 0.514 bits per heavy atom. The van der Waals surface area contributed by atoms with Gasteiger partial charge in [-0.2, -0.15) is 61.5 Å². The van der Waals surface area contributed by atoms with Crippen molar-refractivity contribution in [3.05, 3.63) is 0 Å². The minimum atomic E-state index is -7.60. The maximum Gasteiger partial charge on any atom is 1.00 e. The molecule has 2 aliphatic heterocycles. The Kier molecular flexibility index (Phi) is 9.91. The first-order chi connectivity index (χ1) is 14.2. The first-order valence-corrected chi connectivity index (χ1v) is 7.10. The smallest absolute Gasteiger partial charge is 0.544 e. The van der Waals surface area contributed by atoms with E-state index in [4.69, 9.17) is 0 Å². The summed E-state index contributed by atoms with van der Waals surface area (Å²) in [5, 5.41) is 21.2. The Balaban J connectivity index is 0.00000578. The topological polar surface area (TPSA) is 117 Å². The van der Waals surface area contributed by atoms with Crippen LogP contribution in [0.2, 0.25) is 0 Å². The third-order valence-corrected chi connectivity index (χ3v) is 4.12. The van der Waals surface area contributed by atoms with E-state index in [1.165, 1.54) is 0 Å². The molecule has 0 aromatic heterocycles. The van der Waals surface area contributed by atoms with Crippen LogP contribution in [0.1, 0.15) is 0 Å². The molecule has 0 radical (unpaired) electrons. The van der Waals surface area contributed by atoms with Gasteiger partial charge in [-0.15, -0.1) is 0 Å². The molecule has 0 aromatic rings. The molecule has 0 aromatic carbocycles. The molecule has 2 heterocycles. The molecule has 0 amide bonds. The van der Waals surface area contributed by atoms with Gasteiger partial charge in [-0.1, -0.05) is 0 Å². The third kappa shape index (κ3) is 4.63. The second-order valence-electron chi connectivity index (χ2n) is 6.03. The fourth-order valence-electron chi connectivity index (χ4n) is 2.72. The van der Waals surface area contributed by atoms with Gasteiger partial charge in [-0.3, -0.25) is 18.9 Å². The number of carboxylic acid groups (broad SMARTS) is 2. The summed E-state index contributed by atoms with van der Waals surface area (Å²) < 4.78 is 200. The molecule has 2 rings (SSSR count). The van der Waals surface area contributed by atoms with Crippen molar-refractivity contribution in [1.82, 2.24) is 0 Å². The summed E-state index contributed by atoms with van der Waals surface area (Å²) in [4.78, 5) is 21.2. The maximum absolute atomic E-state index is 14.2. The summed E-state index contributed by atoms with van der Waals surface area (Å²) in [7, 11) is 0. The van der Waals surface area contributed by atoms with Crippen LogP contribution in [-0.2, 0) is 28.5 Å². The van der Waals surface area contributed by atoms with E-state index < -0.39 is 65.7 Å². The van der Waals surface area contributed by atoms with Crippen LogP contribution in [0.5, 0.6) is 0 Å². The number of hydrogen-bond donors (Lipinski definition) is 0. The van der Waals surface area contributed by atoms with Crippen LogP contribution in [-0.4, -0.2) is 60.3 Å². The molecule has 0 unspecified atom stereocenters. The summed E-state index contributed by atoms with van der Waals surface area (Å²) in [6, 6.07) is 0. The van der Waals surface area contributed by atoms with Crippen LogP contribution in [0.3, 0.4) is 0 Å². The molecule has 0 aliphatic carbocycles. The fourth-order valence-corrected chi connectivity index (χ4v) is 2.72. The van der Waals surface area contributed by atoms with E-state index in [1.54, 1.807) is 0 Å². The van der Waals surface area contributed by atoms with E-state index >= 15 is 0 Å². The van der Waals surface area contributed by atoms with Gasteiger partial charge in [-0.05, 0) is 0 Å². The molecule has 0 atom stereocenters. The zero-order chi connectivity index (χ0) is 26.5. The van der Waals surface area contributed by atoms with E-state index in [-0.39, 0.29) is 103 Å². The molecule has 1 spiro atoms. The molecule has 35 heavy (non-hydrogen) atoms. The SMILES string of the molecule is O=C([O-])C1(C(F)(F)F)OC(F)(F)C2(C(F)(F)O1)C(F)(F)OC(C(=O)[O-])(C(F)(F)F)OC2(F)F.[K+].[K+]. The molecular weight excluding hydrogens is 604 g/mol. The van der Waals surface area contributed by atoms with Gasteiger partial charge in [0.25, 0.3) is 0 Å². The number of carboxylic acids is 2. The molecule has 8 nitrogen and oxygen atoms in total. The van der Waals surface area contributed by atoms with Gasteiger partial charge < -0.3 is 19.8 Å². The Morgan fingerprint density at radius 2 is 0.686 bits per heavy atom.